The third-order valence-electron chi connectivity index (χ3n) is 4.12. The number of benzene rings is 1. The number of hydrogen-bond acceptors (Lipinski definition) is 5. The lowest BCUT2D eigenvalue weighted by Crippen LogP contribution is -2.44. The lowest BCUT2D eigenvalue weighted by Gasteiger charge is -2.27. The Morgan fingerprint density at radius 1 is 1.32 bits per heavy atom. The Labute approximate surface area is 147 Å². The van der Waals surface area contributed by atoms with Gasteiger partial charge < -0.3 is 4.74 Å². The van der Waals surface area contributed by atoms with E-state index in [1.165, 1.54) is 17.0 Å². The lowest BCUT2D eigenvalue weighted by molar-refractivity contribution is -0.384. The summed E-state index contributed by atoms with van der Waals surface area (Å²) >= 11 is 0. The number of likely N-dealkylation sites (tertiary alicyclic amines) is 1. The lowest BCUT2D eigenvalue weighted by atomic mass is 9.88. The minimum atomic E-state index is -0.692. The molecule has 1 fully saturated rings. The first-order chi connectivity index (χ1) is 11.4. The molecule has 7 nitrogen and oxygen atoms in total. The van der Waals surface area contributed by atoms with Crippen molar-refractivity contribution in [3.05, 3.63) is 39.9 Å². The Morgan fingerprint density at radius 3 is 2.36 bits per heavy atom. The molecule has 2 rings (SSSR count). The first kappa shape index (κ1) is 18.9. The zero-order valence-electron chi connectivity index (χ0n) is 15.2. The molecule has 2 amide bonds. The molecule has 1 aromatic rings. The number of carbonyl (C=O) groups excluding carboxylic acids is 2. The fraction of sp³-hybridized carbons (Fsp3) is 0.556. The molecule has 1 heterocycles. The second-order valence-electron chi connectivity index (χ2n) is 8.03. The fourth-order valence-corrected chi connectivity index (χ4v) is 2.99. The SMILES string of the molecule is CC(C)(C)OC(=O)N1C(=O)C(C)(C)CC1Cc1ccc([N+](=O)[O-])cc1. The summed E-state index contributed by atoms with van der Waals surface area (Å²) in [7, 11) is 0. The molecule has 1 aliphatic rings. The largest absolute Gasteiger partial charge is 0.443 e. The minimum absolute atomic E-state index is 0.00979. The zero-order chi connectivity index (χ0) is 19.0. The molecule has 25 heavy (non-hydrogen) atoms. The quantitative estimate of drug-likeness (QED) is 0.614. The maximum Gasteiger partial charge on any atom is 0.417 e. The van der Waals surface area contributed by atoms with Crippen molar-refractivity contribution in [1.82, 2.24) is 4.90 Å². The van der Waals surface area contributed by atoms with Gasteiger partial charge >= 0.3 is 6.09 Å². The van der Waals surface area contributed by atoms with Gasteiger partial charge in [0.15, 0.2) is 0 Å². The molecule has 136 valence electrons. The van der Waals surface area contributed by atoms with E-state index in [0.29, 0.717) is 12.8 Å². The molecule has 1 atom stereocenters. The number of amides is 2. The van der Waals surface area contributed by atoms with Crippen LogP contribution in [0.25, 0.3) is 0 Å². The van der Waals surface area contributed by atoms with Gasteiger partial charge in [-0.1, -0.05) is 26.0 Å². The third-order valence-corrected chi connectivity index (χ3v) is 4.12. The van der Waals surface area contributed by atoms with Crippen molar-refractivity contribution in [1.29, 1.82) is 0 Å². The van der Waals surface area contributed by atoms with Gasteiger partial charge in [-0.05, 0) is 39.2 Å². The van der Waals surface area contributed by atoms with Crippen LogP contribution in [0.2, 0.25) is 0 Å². The molecular weight excluding hydrogens is 324 g/mol. The van der Waals surface area contributed by atoms with E-state index in [-0.39, 0.29) is 17.6 Å². The van der Waals surface area contributed by atoms with Crippen LogP contribution in [0.5, 0.6) is 0 Å². The molecule has 0 N–H and O–H groups in total. The zero-order valence-corrected chi connectivity index (χ0v) is 15.2. The number of nitrogens with zero attached hydrogens (tertiary/aromatic N) is 2. The number of ether oxygens (including phenoxy) is 1. The van der Waals surface area contributed by atoms with Gasteiger partial charge in [0.1, 0.15) is 5.60 Å². The van der Waals surface area contributed by atoms with Gasteiger partial charge in [-0.3, -0.25) is 14.9 Å². The van der Waals surface area contributed by atoms with E-state index in [1.807, 2.05) is 13.8 Å². The van der Waals surface area contributed by atoms with Gasteiger partial charge in [0, 0.05) is 23.6 Å². The first-order valence-corrected chi connectivity index (χ1v) is 8.21. The second-order valence-corrected chi connectivity index (χ2v) is 8.03. The molecule has 0 bridgehead atoms. The van der Waals surface area contributed by atoms with Crippen molar-refractivity contribution in [2.24, 2.45) is 5.41 Å². The predicted molar refractivity (Wildman–Crippen MR) is 92.1 cm³/mol. The van der Waals surface area contributed by atoms with Crippen LogP contribution in [0.3, 0.4) is 0 Å². The van der Waals surface area contributed by atoms with Crippen LogP contribution in [0.4, 0.5) is 10.5 Å². The second kappa shape index (κ2) is 6.46. The Kier molecular flexibility index (Phi) is 4.88. The molecule has 0 radical (unpaired) electrons. The first-order valence-electron chi connectivity index (χ1n) is 8.21. The molecule has 7 heteroatoms. The van der Waals surface area contributed by atoms with Crippen molar-refractivity contribution in [3.63, 3.8) is 0 Å². The maximum absolute atomic E-state index is 12.6. The van der Waals surface area contributed by atoms with Crippen LogP contribution in [-0.4, -0.2) is 33.5 Å². The number of imide groups is 1. The molecule has 1 unspecified atom stereocenters. The summed E-state index contributed by atoms with van der Waals surface area (Å²) < 4.78 is 5.38. The Balaban J connectivity index is 2.22. The van der Waals surface area contributed by atoms with Crippen LogP contribution in [0.1, 0.15) is 46.6 Å². The van der Waals surface area contributed by atoms with Gasteiger partial charge in [-0.15, -0.1) is 0 Å². The average Bonchev–Trinajstić information content (AvgIpc) is 2.67. The van der Waals surface area contributed by atoms with Gasteiger partial charge in [0.25, 0.3) is 5.69 Å². The van der Waals surface area contributed by atoms with Crippen LogP contribution in [-0.2, 0) is 16.0 Å². The summed E-state index contributed by atoms with van der Waals surface area (Å²) in [5, 5.41) is 10.8. The van der Waals surface area contributed by atoms with Crippen LogP contribution < -0.4 is 0 Å². The van der Waals surface area contributed by atoms with E-state index >= 15 is 0 Å². The molecule has 1 aromatic carbocycles. The summed E-state index contributed by atoms with van der Waals surface area (Å²) in [6.45, 7) is 8.87. The van der Waals surface area contributed by atoms with Gasteiger partial charge in [-0.25, -0.2) is 9.69 Å². The van der Waals surface area contributed by atoms with E-state index in [2.05, 4.69) is 0 Å². The highest BCUT2D eigenvalue weighted by Gasteiger charge is 2.49. The maximum atomic E-state index is 12.6. The highest BCUT2D eigenvalue weighted by atomic mass is 16.6. The molecule has 0 aromatic heterocycles. The summed E-state index contributed by atoms with van der Waals surface area (Å²) in [5.41, 5.74) is -0.505. The summed E-state index contributed by atoms with van der Waals surface area (Å²) in [6.07, 6.45) is 0.309. The Morgan fingerprint density at radius 2 is 1.88 bits per heavy atom. The molecule has 0 aliphatic carbocycles. The summed E-state index contributed by atoms with van der Waals surface area (Å²) in [4.78, 5) is 36.6. The summed E-state index contributed by atoms with van der Waals surface area (Å²) in [5.74, 6) is -0.256. The van der Waals surface area contributed by atoms with Crippen LogP contribution >= 0.6 is 0 Å². The molecule has 1 aliphatic heterocycles. The minimum Gasteiger partial charge on any atom is -0.443 e. The van der Waals surface area contributed by atoms with Gasteiger partial charge in [-0.2, -0.15) is 0 Å². The van der Waals surface area contributed by atoms with Gasteiger partial charge in [0.2, 0.25) is 5.91 Å². The van der Waals surface area contributed by atoms with Crippen molar-refractivity contribution >= 4 is 17.7 Å². The number of nitro groups is 1. The number of rotatable bonds is 3. The number of carbonyl (C=O) groups is 2. The predicted octanol–water partition coefficient (Wildman–Crippen LogP) is 3.70. The van der Waals surface area contributed by atoms with E-state index in [0.717, 1.165) is 5.56 Å². The Bertz CT molecular complexity index is 688. The van der Waals surface area contributed by atoms with E-state index < -0.39 is 22.0 Å². The van der Waals surface area contributed by atoms with Gasteiger partial charge in [0.05, 0.1) is 4.92 Å². The summed E-state index contributed by atoms with van der Waals surface area (Å²) in [6, 6.07) is 5.82. The highest BCUT2D eigenvalue weighted by molar-refractivity contribution is 5.97. The van der Waals surface area contributed by atoms with Crippen molar-refractivity contribution in [3.8, 4) is 0 Å². The topological polar surface area (TPSA) is 89.8 Å². The highest BCUT2D eigenvalue weighted by Crippen LogP contribution is 2.37. The normalized spacial score (nSPS) is 19.8. The standard InChI is InChI=1S/C18H24N2O5/c1-17(2,3)25-16(22)19-14(11-18(4,5)15(19)21)10-12-6-8-13(9-7-12)20(23)24/h6-9,14H,10-11H2,1-5H3. The van der Waals surface area contributed by atoms with Crippen LogP contribution in [0.15, 0.2) is 24.3 Å². The van der Waals surface area contributed by atoms with E-state index in [1.54, 1.807) is 32.9 Å². The molecule has 0 spiro atoms. The smallest absolute Gasteiger partial charge is 0.417 e. The Hall–Kier alpha value is -2.44. The number of non-ortho nitro benzene ring substituents is 1. The molecular formula is C18H24N2O5. The number of hydrogen-bond donors (Lipinski definition) is 0. The average molecular weight is 348 g/mol. The molecule has 0 saturated carbocycles. The van der Waals surface area contributed by atoms with Crippen molar-refractivity contribution in [2.75, 3.05) is 0 Å². The van der Waals surface area contributed by atoms with Crippen LogP contribution in [0, 0.1) is 15.5 Å². The van der Waals surface area contributed by atoms with E-state index in [4.69, 9.17) is 4.74 Å². The van der Waals surface area contributed by atoms with E-state index in [9.17, 15) is 19.7 Å². The monoisotopic (exact) mass is 348 g/mol. The fourth-order valence-electron chi connectivity index (χ4n) is 2.99. The third kappa shape index (κ3) is 4.35. The van der Waals surface area contributed by atoms with Crippen molar-refractivity contribution < 1.29 is 19.2 Å². The van der Waals surface area contributed by atoms with Crippen molar-refractivity contribution in [2.45, 2.75) is 59.1 Å². The molecule has 1 saturated heterocycles. The number of nitro benzene ring substituents is 1.